The molecule has 3 N–H and O–H groups in total. The first-order valence-electron chi connectivity index (χ1n) is 6.21. The largest absolute Gasteiger partial charge is 0.494 e. The molecule has 0 fully saturated rings. The van der Waals surface area contributed by atoms with Gasteiger partial charge in [-0.05, 0) is 38.9 Å². The Morgan fingerprint density at radius 1 is 1.33 bits per heavy atom. The van der Waals surface area contributed by atoms with E-state index in [1.807, 2.05) is 44.2 Å². The maximum absolute atomic E-state index is 10.8. The SMILES string of the molecule is CC(C)(CC(N)=O)NCCCOc1ccccc1. The number of hydrogen-bond acceptors (Lipinski definition) is 3. The van der Waals surface area contributed by atoms with Crippen molar-refractivity contribution in [3.63, 3.8) is 0 Å². The van der Waals surface area contributed by atoms with Crippen molar-refractivity contribution in [2.75, 3.05) is 13.2 Å². The quantitative estimate of drug-likeness (QED) is 0.690. The van der Waals surface area contributed by atoms with E-state index in [4.69, 9.17) is 10.5 Å². The second-order valence-corrected chi connectivity index (χ2v) is 4.97. The first-order valence-corrected chi connectivity index (χ1v) is 6.21. The molecular weight excluding hydrogens is 228 g/mol. The second kappa shape index (κ2) is 7.01. The molecule has 0 radical (unpaired) electrons. The molecular formula is C14H22N2O2. The summed E-state index contributed by atoms with van der Waals surface area (Å²) in [6, 6.07) is 9.72. The van der Waals surface area contributed by atoms with E-state index < -0.39 is 0 Å². The lowest BCUT2D eigenvalue weighted by Gasteiger charge is -2.24. The molecule has 0 aliphatic heterocycles. The molecule has 1 amide bonds. The summed E-state index contributed by atoms with van der Waals surface area (Å²) in [6.45, 7) is 5.39. The Labute approximate surface area is 109 Å². The van der Waals surface area contributed by atoms with E-state index in [9.17, 15) is 4.79 Å². The summed E-state index contributed by atoms with van der Waals surface area (Å²) in [5.41, 5.74) is 4.93. The predicted octanol–water partition coefficient (Wildman–Crippen LogP) is 1.70. The van der Waals surface area contributed by atoms with Crippen LogP contribution in [0.4, 0.5) is 0 Å². The zero-order valence-electron chi connectivity index (χ0n) is 11.1. The Morgan fingerprint density at radius 3 is 2.61 bits per heavy atom. The van der Waals surface area contributed by atoms with Gasteiger partial charge in [-0.3, -0.25) is 4.79 Å². The minimum atomic E-state index is -0.284. The normalized spacial score (nSPS) is 11.2. The van der Waals surface area contributed by atoms with E-state index in [0.29, 0.717) is 13.0 Å². The molecule has 0 saturated heterocycles. The Balaban J connectivity index is 2.13. The summed E-state index contributed by atoms with van der Waals surface area (Å²) in [6.07, 6.45) is 1.23. The third-order valence-corrected chi connectivity index (χ3v) is 2.55. The van der Waals surface area contributed by atoms with E-state index in [1.54, 1.807) is 0 Å². The molecule has 0 heterocycles. The van der Waals surface area contributed by atoms with Crippen molar-refractivity contribution in [2.24, 2.45) is 5.73 Å². The number of nitrogens with one attached hydrogen (secondary N) is 1. The number of hydrogen-bond donors (Lipinski definition) is 2. The average Bonchev–Trinajstić information content (AvgIpc) is 2.28. The van der Waals surface area contributed by atoms with Gasteiger partial charge >= 0.3 is 0 Å². The maximum atomic E-state index is 10.8. The van der Waals surface area contributed by atoms with Crippen LogP contribution in [-0.4, -0.2) is 24.6 Å². The highest BCUT2D eigenvalue weighted by Gasteiger charge is 2.18. The molecule has 0 unspecified atom stereocenters. The number of amides is 1. The molecule has 0 atom stereocenters. The fraction of sp³-hybridized carbons (Fsp3) is 0.500. The molecule has 0 aliphatic carbocycles. The van der Waals surface area contributed by atoms with Crippen molar-refractivity contribution >= 4 is 5.91 Å². The number of ether oxygens (including phenoxy) is 1. The van der Waals surface area contributed by atoms with Crippen LogP contribution in [0.1, 0.15) is 26.7 Å². The number of benzene rings is 1. The fourth-order valence-electron chi connectivity index (χ4n) is 1.70. The molecule has 0 aliphatic rings. The number of primary amides is 1. The van der Waals surface area contributed by atoms with Gasteiger partial charge in [0.05, 0.1) is 6.61 Å². The lowest BCUT2D eigenvalue weighted by Crippen LogP contribution is -2.43. The van der Waals surface area contributed by atoms with Gasteiger partial charge in [-0.1, -0.05) is 18.2 Å². The Kier molecular flexibility index (Phi) is 5.65. The molecule has 4 heteroatoms. The van der Waals surface area contributed by atoms with Crippen LogP contribution in [-0.2, 0) is 4.79 Å². The lowest BCUT2D eigenvalue weighted by molar-refractivity contribution is -0.119. The highest BCUT2D eigenvalue weighted by molar-refractivity contribution is 5.74. The van der Waals surface area contributed by atoms with Gasteiger partial charge < -0.3 is 15.8 Å². The van der Waals surface area contributed by atoms with Crippen molar-refractivity contribution in [1.82, 2.24) is 5.32 Å². The van der Waals surface area contributed by atoms with Crippen LogP contribution < -0.4 is 15.8 Å². The standard InChI is InChI=1S/C14H22N2O2/c1-14(2,11-13(15)17)16-9-6-10-18-12-7-4-3-5-8-12/h3-5,7-8,16H,6,9-11H2,1-2H3,(H2,15,17). The number of carbonyl (C=O) groups excluding carboxylic acids is 1. The van der Waals surface area contributed by atoms with Gasteiger partial charge in [-0.2, -0.15) is 0 Å². The van der Waals surface area contributed by atoms with Crippen LogP contribution in [0, 0.1) is 0 Å². The molecule has 0 bridgehead atoms. The molecule has 4 nitrogen and oxygen atoms in total. The smallest absolute Gasteiger partial charge is 0.219 e. The van der Waals surface area contributed by atoms with Gasteiger partial charge in [-0.25, -0.2) is 0 Å². The molecule has 1 rings (SSSR count). The Bertz CT molecular complexity index is 363. The molecule has 18 heavy (non-hydrogen) atoms. The predicted molar refractivity (Wildman–Crippen MR) is 72.4 cm³/mol. The zero-order chi connectivity index (χ0) is 13.4. The van der Waals surface area contributed by atoms with Gasteiger partial charge in [0.1, 0.15) is 5.75 Å². The van der Waals surface area contributed by atoms with Crippen molar-refractivity contribution in [3.8, 4) is 5.75 Å². The number of carbonyl (C=O) groups is 1. The lowest BCUT2D eigenvalue weighted by atomic mass is 10.0. The highest BCUT2D eigenvalue weighted by Crippen LogP contribution is 2.09. The van der Waals surface area contributed by atoms with Crippen molar-refractivity contribution < 1.29 is 9.53 Å². The third-order valence-electron chi connectivity index (χ3n) is 2.55. The van der Waals surface area contributed by atoms with Crippen LogP contribution in [0.25, 0.3) is 0 Å². The van der Waals surface area contributed by atoms with E-state index in [0.717, 1.165) is 18.7 Å². The van der Waals surface area contributed by atoms with Gasteiger partial charge in [0.15, 0.2) is 0 Å². The van der Waals surface area contributed by atoms with E-state index in [-0.39, 0.29) is 11.4 Å². The van der Waals surface area contributed by atoms with Crippen molar-refractivity contribution in [1.29, 1.82) is 0 Å². The first-order chi connectivity index (χ1) is 8.49. The molecule has 100 valence electrons. The Morgan fingerprint density at radius 2 is 2.00 bits per heavy atom. The molecule has 1 aromatic rings. The summed E-state index contributed by atoms with van der Waals surface area (Å²) in [5.74, 6) is 0.599. The van der Waals surface area contributed by atoms with Gasteiger partial charge in [-0.15, -0.1) is 0 Å². The molecule has 0 spiro atoms. The topological polar surface area (TPSA) is 64.4 Å². The first kappa shape index (κ1) is 14.5. The zero-order valence-corrected chi connectivity index (χ0v) is 11.1. The van der Waals surface area contributed by atoms with Crippen LogP contribution in [0.2, 0.25) is 0 Å². The summed E-state index contributed by atoms with van der Waals surface area (Å²) < 4.78 is 5.57. The van der Waals surface area contributed by atoms with Gasteiger partial charge in [0.25, 0.3) is 0 Å². The average molecular weight is 250 g/mol. The van der Waals surface area contributed by atoms with Crippen LogP contribution in [0.3, 0.4) is 0 Å². The fourth-order valence-corrected chi connectivity index (χ4v) is 1.70. The Hall–Kier alpha value is -1.55. The van der Waals surface area contributed by atoms with Crippen LogP contribution in [0.5, 0.6) is 5.75 Å². The van der Waals surface area contributed by atoms with Crippen molar-refractivity contribution in [2.45, 2.75) is 32.2 Å². The number of nitrogens with two attached hydrogens (primary N) is 1. The van der Waals surface area contributed by atoms with E-state index in [2.05, 4.69) is 5.32 Å². The summed E-state index contributed by atoms with van der Waals surface area (Å²) in [7, 11) is 0. The summed E-state index contributed by atoms with van der Waals surface area (Å²) >= 11 is 0. The summed E-state index contributed by atoms with van der Waals surface area (Å²) in [5, 5.41) is 3.30. The van der Waals surface area contributed by atoms with Crippen LogP contribution in [0.15, 0.2) is 30.3 Å². The highest BCUT2D eigenvalue weighted by atomic mass is 16.5. The second-order valence-electron chi connectivity index (χ2n) is 4.97. The summed E-state index contributed by atoms with van der Waals surface area (Å²) in [4.78, 5) is 10.8. The van der Waals surface area contributed by atoms with E-state index in [1.165, 1.54) is 0 Å². The molecule has 1 aromatic carbocycles. The minimum Gasteiger partial charge on any atom is -0.494 e. The van der Waals surface area contributed by atoms with Gasteiger partial charge in [0.2, 0.25) is 5.91 Å². The monoisotopic (exact) mass is 250 g/mol. The van der Waals surface area contributed by atoms with E-state index >= 15 is 0 Å². The maximum Gasteiger partial charge on any atom is 0.219 e. The third kappa shape index (κ3) is 6.25. The minimum absolute atomic E-state index is 0.251. The van der Waals surface area contributed by atoms with Crippen LogP contribution >= 0.6 is 0 Å². The number of para-hydroxylation sites is 1. The molecule has 0 saturated carbocycles. The van der Waals surface area contributed by atoms with Crippen molar-refractivity contribution in [3.05, 3.63) is 30.3 Å². The van der Waals surface area contributed by atoms with Gasteiger partial charge in [0, 0.05) is 12.0 Å². The molecule has 0 aromatic heterocycles. The number of rotatable bonds is 8.